The van der Waals surface area contributed by atoms with Crippen LogP contribution in [-0.4, -0.2) is 59.4 Å². The molecular weight excluding hydrogens is 626 g/mol. The molecule has 1 aliphatic heterocycles. The van der Waals surface area contributed by atoms with E-state index in [0.717, 1.165) is 18.5 Å². The van der Waals surface area contributed by atoms with E-state index in [1.54, 1.807) is 0 Å². The smallest absolute Gasteiger partial charge is 0.438 e. The van der Waals surface area contributed by atoms with Gasteiger partial charge in [0.25, 0.3) is 10.0 Å². The van der Waals surface area contributed by atoms with Gasteiger partial charge in [-0.25, -0.2) is 22.5 Å². The van der Waals surface area contributed by atoms with Crippen molar-refractivity contribution >= 4 is 16.0 Å². The number of likely N-dealkylation sites (tertiary alicyclic amines) is 1. The number of benzene rings is 2. The molecule has 3 heterocycles. The highest BCUT2D eigenvalue weighted by atomic mass is 32.2. The number of halogens is 6. The van der Waals surface area contributed by atoms with E-state index in [2.05, 4.69) is 20.0 Å². The number of sulfonamides is 1. The molecule has 1 fully saturated rings. The number of aromatic nitrogens is 4. The number of hydrogen-bond donors (Lipinski definition) is 1. The second-order valence-electron chi connectivity index (χ2n) is 10.8. The van der Waals surface area contributed by atoms with Crippen molar-refractivity contribution in [1.29, 1.82) is 0 Å². The highest BCUT2D eigenvalue weighted by Gasteiger charge is 2.62. The van der Waals surface area contributed by atoms with E-state index in [-0.39, 0.29) is 21.9 Å². The molecule has 45 heavy (non-hydrogen) atoms. The van der Waals surface area contributed by atoms with Gasteiger partial charge in [0, 0.05) is 24.9 Å². The summed E-state index contributed by atoms with van der Waals surface area (Å²) >= 11 is 0. The zero-order chi connectivity index (χ0) is 32.7. The molecule has 2 aromatic carbocycles. The highest BCUT2D eigenvalue weighted by molar-refractivity contribution is 7.92. The van der Waals surface area contributed by atoms with Gasteiger partial charge in [0.05, 0.1) is 11.9 Å². The van der Waals surface area contributed by atoms with Crippen molar-refractivity contribution in [3.8, 4) is 22.9 Å². The number of ether oxygens (including phenoxy) is 1. The average molecular weight is 655 g/mol. The van der Waals surface area contributed by atoms with Crippen molar-refractivity contribution in [3.05, 3.63) is 77.4 Å². The van der Waals surface area contributed by atoms with Crippen molar-refractivity contribution in [3.63, 3.8) is 0 Å². The molecule has 0 amide bonds. The van der Waals surface area contributed by atoms with Crippen molar-refractivity contribution in [2.45, 2.75) is 42.7 Å². The summed E-state index contributed by atoms with van der Waals surface area (Å²) in [5.41, 5.74) is -2.16. The number of alkyl halides is 5. The largest absolute Gasteiger partial charge is 0.458 e. The van der Waals surface area contributed by atoms with Gasteiger partial charge in [0.2, 0.25) is 11.8 Å². The van der Waals surface area contributed by atoms with Gasteiger partial charge in [-0.15, -0.1) is 0 Å². The predicted octanol–water partition coefficient (Wildman–Crippen LogP) is 6.38. The van der Waals surface area contributed by atoms with E-state index >= 15 is 8.78 Å². The molecule has 1 aliphatic rings. The second-order valence-corrected chi connectivity index (χ2v) is 12.5. The van der Waals surface area contributed by atoms with E-state index in [0.29, 0.717) is 31.5 Å². The lowest BCUT2D eigenvalue weighted by Gasteiger charge is -2.29. The zero-order valence-electron chi connectivity index (χ0n) is 24.2. The van der Waals surface area contributed by atoms with Crippen LogP contribution >= 0.6 is 0 Å². The Bertz CT molecular complexity index is 1820. The SMILES string of the molecule is Cc1ccccc1-c1nc(NS(=O)(=O)c2cnn(C)c2)nc(Oc2cc(F)cc(C3CCN(C)CC3)c2)c1C(F)(F)C(F)(F)F. The van der Waals surface area contributed by atoms with Gasteiger partial charge in [-0.2, -0.15) is 32.0 Å². The van der Waals surface area contributed by atoms with E-state index in [1.165, 1.54) is 55.1 Å². The number of nitrogens with zero attached hydrogens (tertiary/aromatic N) is 5. The minimum Gasteiger partial charge on any atom is -0.438 e. The fourth-order valence-corrected chi connectivity index (χ4v) is 5.99. The van der Waals surface area contributed by atoms with Gasteiger partial charge >= 0.3 is 12.1 Å². The van der Waals surface area contributed by atoms with Crippen molar-refractivity contribution in [1.82, 2.24) is 24.6 Å². The van der Waals surface area contributed by atoms with Crippen LogP contribution in [0.1, 0.15) is 35.4 Å². The monoisotopic (exact) mass is 654 g/mol. The Hall–Kier alpha value is -4.18. The molecule has 0 saturated carbocycles. The first-order valence-electron chi connectivity index (χ1n) is 13.7. The molecule has 0 unspecified atom stereocenters. The molecular formula is C29H28F6N6O3S. The third-order valence-corrected chi connectivity index (χ3v) is 8.74. The van der Waals surface area contributed by atoms with Crippen molar-refractivity contribution in [2.75, 3.05) is 24.9 Å². The third-order valence-electron chi connectivity index (χ3n) is 7.46. The number of hydrogen-bond acceptors (Lipinski definition) is 7. The molecule has 1 N–H and O–H groups in total. The molecule has 240 valence electrons. The fourth-order valence-electron chi connectivity index (χ4n) is 5.07. The number of rotatable bonds is 8. The van der Waals surface area contributed by atoms with Gasteiger partial charge in [0.1, 0.15) is 22.0 Å². The molecule has 0 radical (unpaired) electrons. The van der Waals surface area contributed by atoms with E-state index < -0.39 is 56.8 Å². The minimum atomic E-state index is -6.14. The van der Waals surface area contributed by atoms with Crippen molar-refractivity contribution in [2.24, 2.45) is 7.05 Å². The quantitative estimate of drug-likeness (QED) is 0.220. The number of anilines is 1. The maximum absolute atomic E-state index is 15.4. The number of piperidine rings is 1. The van der Waals surface area contributed by atoms with Gasteiger partial charge in [-0.05, 0) is 69.1 Å². The van der Waals surface area contributed by atoms with Crippen molar-refractivity contribution < 1.29 is 39.5 Å². The van der Waals surface area contributed by atoms with E-state index in [9.17, 15) is 26.0 Å². The molecule has 1 saturated heterocycles. The molecule has 0 atom stereocenters. The Labute approximate surface area is 254 Å². The first-order valence-corrected chi connectivity index (χ1v) is 15.1. The molecule has 9 nitrogen and oxygen atoms in total. The van der Waals surface area contributed by atoms with Gasteiger partial charge in [0.15, 0.2) is 0 Å². The summed E-state index contributed by atoms with van der Waals surface area (Å²) in [5.74, 6) is -9.08. The maximum Gasteiger partial charge on any atom is 0.458 e. The first kappa shape index (κ1) is 32.2. The van der Waals surface area contributed by atoms with Crippen LogP contribution in [0.4, 0.5) is 32.3 Å². The lowest BCUT2D eigenvalue weighted by molar-refractivity contribution is -0.289. The van der Waals surface area contributed by atoms with Crippen LogP contribution in [0.5, 0.6) is 11.6 Å². The highest BCUT2D eigenvalue weighted by Crippen LogP contribution is 2.51. The zero-order valence-corrected chi connectivity index (χ0v) is 25.1. The molecule has 0 spiro atoms. The van der Waals surface area contributed by atoms with Crippen LogP contribution in [0.2, 0.25) is 0 Å². The number of nitrogens with one attached hydrogen (secondary N) is 1. The summed E-state index contributed by atoms with van der Waals surface area (Å²) in [4.78, 5) is 9.28. The Morgan fingerprint density at radius 2 is 1.69 bits per heavy atom. The van der Waals surface area contributed by atoms with Crippen LogP contribution in [0.15, 0.2) is 59.8 Å². The summed E-state index contributed by atoms with van der Waals surface area (Å²) in [6.45, 7) is 2.88. The molecule has 4 aromatic rings. The number of aryl methyl sites for hydroxylation is 2. The molecule has 16 heteroatoms. The lowest BCUT2D eigenvalue weighted by atomic mass is 9.89. The summed E-state index contributed by atoms with van der Waals surface area (Å²) in [5, 5.41) is 3.78. The summed E-state index contributed by atoms with van der Waals surface area (Å²) in [6.07, 6.45) is -2.70. The van der Waals surface area contributed by atoms with E-state index in [4.69, 9.17) is 4.74 Å². The predicted molar refractivity (Wildman–Crippen MR) is 152 cm³/mol. The molecule has 0 aliphatic carbocycles. The minimum absolute atomic E-state index is 0.120. The summed E-state index contributed by atoms with van der Waals surface area (Å²) in [7, 11) is -1.11. The van der Waals surface area contributed by atoms with Crippen LogP contribution in [0, 0.1) is 12.7 Å². The Balaban J connectivity index is 1.71. The molecule has 0 bridgehead atoms. The third kappa shape index (κ3) is 6.76. The standard InChI is InChI=1S/C29H28F6N6O3S/c1-17-6-4-5-7-23(17)25-24(28(31,32)29(33,34)35)26(38-27(37-25)39-45(42,43)22-15-36-41(3)16-22)44-21-13-19(12-20(30)14-21)18-8-10-40(2)11-9-18/h4-7,12-16,18H,8-11H2,1-3H3,(H,37,38,39). The van der Waals surface area contributed by atoms with Crippen LogP contribution in [0.3, 0.4) is 0 Å². The van der Waals surface area contributed by atoms with Crippen LogP contribution in [0.25, 0.3) is 11.3 Å². The Morgan fingerprint density at radius 3 is 2.31 bits per heavy atom. The van der Waals surface area contributed by atoms with E-state index in [1.807, 2.05) is 11.8 Å². The van der Waals surface area contributed by atoms with Gasteiger partial charge < -0.3 is 9.64 Å². The van der Waals surface area contributed by atoms with Gasteiger partial charge in [-0.3, -0.25) is 4.68 Å². The van der Waals surface area contributed by atoms with Crippen LogP contribution < -0.4 is 9.46 Å². The maximum atomic E-state index is 15.4. The fraction of sp³-hybridized carbons (Fsp3) is 0.345. The van der Waals surface area contributed by atoms with Crippen LogP contribution in [-0.2, 0) is 23.0 Å². The average Bonchev–Trinajstić information content (AvgIpc) is 3.39. The Morgan fingerprint density at radius 1 is 1.00 bits per heavy atom. The van der Waals surface area contributed by atoms with Gasteiger partial charge in [-0.1, -0.05) is 24.3 Å². The second kappa shape index (κ2) is 12.0. The molecule has 2 aromatic heterocycles. The lowest BCUT2D eigenvalue weighted by Crippen LogP contribution is -2.35. The Kier molecular flexibility index (Phi) is 8.57. The summed E-state index contributed by atoms with van der Waals surface area (Å²) in [6, 6.07) is 9.04. The molecule has 5 rings (SSSR count). The normalized spacial score (nSPS) is 15.3. The summed E-state index contributed by atoms with van der Waals surface area (Å²) < 4.78 is 122. The topological polar surface area (TPSA) is 102 Å². The first-order chi connectivity index (χ1) is 21.0.